The molecule has 0 atom stereocenters. The molecule has 0 aromatic heterocycles. The van der Waals surface area contributed by atoms with Crippen molar-refractivity contribution in [2.75, 3.05) is 11.9 Å². The lowest BCUT2D eigenvalue weighted by Crippen LogP contribution is -1.82. The molecular formula is C5H9BrO. The zero-order valence-corrected chi connectivity index (χ0v) is 5.90. The molecule has 0 aromatic carbocycles. The molecule has 0 aliphatic heterocycles. The molecule has 0 aliphatic carbocycles. The van der Waals surface area contributed by atoms with E-state index in [-0.39, 0.29) is 6.61 Å². The highest BCUT2D eigenvalue weighted by molar-refractivity contribution is 9.09. The van der Waals surface area contributed by atoms with E-state index >= 15 is 0 Å². The second kappa shape index (κ2) is 4.34. The number of aliphatic hydroxyl groups is 1. The molecule has 2 heteroatoms. The molecule has 0 bridgehead atoms. The maximum Gasteiger partial charge on any atom is 0.0639 e. The largest absolute Gasteiger partial charge is 0.392 e. The summed E-state index contributed by atoms with van der Waals surface area (Å²) in [6.07, 6.45) is 1.93. The fourth-order valence-electron chi connectivity index (χ4n) is 0.196. The monoisotopic (exact) mass is 164 g/mol. The predicted molar refractivity (Wildman–Crippen MR) is 34.6 cm³/mol. The lowest BCUT2D eigenvalue weighted by atomic mass is 10.3. The lowest BCUT2D eigenvalue weighted by Gasteiger charge is -1.87. The van der Waals surface area contributed by atoms with Crippen LogP contribution in [0.2, 0.25) is 0 Å². The number of hydrogen-bond donors (Lipinski definition) is 1. The maximum atomic E-state index is 8.38. The van der Waals surface area contributed by atoms with Gasteiger partial charge in [-0.2, -0.15) is 0 Å². The fourth-order valence-corrected chi connectivity index (χ4v) is 0.749. The van der Waals surface area contributed by atoms with E-state index in [1.165, 1.54) is 0 Å². The van der Waals surface area contributed by atoms with E-state index in [4.69, 9.17) is 5.11 Å². The Bertz CT molecular complexity index is 68.5. The van der Waals surface area contributed by atoms with Gasteiger partial charge in [0.15, 0.2) is 0 Å². The van der Waals surface area contributed by atoms with Gasteiger partial charge in [-0.15, -0.1) is 0 Å². The van der Waals surface area contributed by atoms with E-state index in [2.05, 4.69) is 15.9 Å². The number of hydrogen-bond acceptors (Lipinski definition) is 1. The second-order valence-corrected chi connectivity index (χ2v) is 2.01. The lowest BCUT2D eigenvalue weighted by molar-refractivity contribution is 0.331. The Morgan fingerprint density at radius 1 is 1.86 bits per heavy atom. The summed E-state index contributed by atoms with van der Waals surface area (Å²) in [7, 11) is 0. The summed E-state index contributed by atoms with van der Waals surface area (Å²) in [6, 6.07) is 0. The van der Waals surface area contributed by atoms with Crippen LogP contribution < -0.4 is 0 Å². The molecule has 0 unspecified atom stereocenters. The third-order valence-electron chi connectivity index (χ3n) is 0.675. The van der Waals surface area contributed by atoms with Gasteiger partial charge in [-0.05, 0) is 6.92 Å². The van der Waals surface area contributed by atoms with Gasteiger partial charge in [0.05, 0.1) is 6.61 Å². The first-order valence-corrected chi connectivity index (χ1v) is 3.26. The van der Waals surface area contributed by atoms with Gasteiger partial charge in [-0.1, -0.05) is 27.6 Å². The molecule has 0 spiro atoms. The van der Waals surface area contributed by atoms with Crippen molar-refractivity contribution >= 4 is 15.9 Å². The van der Waals surface area contributed by atoms with Crippen molar-refractivity contribution in [3.63, 3.8) is 0 Å². The van der Waals surface area contributed by atoms with Gasteiger partial charge in [-0.25, -0.2) is 0 Å². The number of allylic oxidation sites excluding steroid dienone is 1. The van der Waals surface area contributed by atoms with Gasteiger partial charge in [0.1, 0.15) is 0 Å². The molecular weight excluding hydrogens is 156 g/mol. The van der Waals surface area contributed by atoms with Crippen LogP contribution in [-0.2, 0) is 0 Å². The zero-order chi connectivity index (χ0) is 5.70. The molecule has 0 rings (SSSR count). The number of halogens is 1. The third kappa shape index (κ3) is 4.02. The molecule has 0 heterocycles. The van der Waals surface area contributed by atoms with E-state index in [1.54, 1.807) is 0 Å². The van der Waals surface area contributed by atoms with Crippen molar-refractivity contribution in [2.45, 2.75) is 6.92 Å². The van der Waals surface area contributed by atoms with E-state index in [1.807, 2.05) is 13.0 Å². The second-order valence-electron chi connectivity index (χ2n) is 1.36. The highest BCUT2D eigenvalue weighted by Crippen LogP contribution is 1.90. The van der Waals surface area contributed by atoms with Gasteiger partial charge < -0.3 is 5.11 Å². The third-order valence-corrected chi connectivity index (χ3v) is 0.999. The molecule has 0 aromatic rings. The molecule has 1 N–H and O–H groups in total. The van der Waals surface area contributed by atoms with Crippen molar-refractivity contribution in [3.8, 4) is 0 Å². The number of rotatable bonds is 2. The van der Waals surface area contributed by atoms with Crippen LogP contribution in [0.15, 0.2) is 11.6 Å². The Morgan fingerprint density at radius 3 is 2.57 bits per heavy atom. The summed E-state index contributed by atoms with van der Waals surface area (Å²) in [5.74, 6) is 0. The predicted octanol–water partition coefficient (Wildman–Crippen LogP) is 1.32. The summed E-state index contributed by atoms with van der Waals surface area (Å²) in [6.45, 7) is 2.06. The average Bonchev–Trinajstić information content (AvgIpc) is 1.68. The van der Waals surface area contributed by atoms with Crippen molar-refractivity contribution in [1.82, 2.24) is 0 Å². The first kappa shape index (κ1) is 7.18. The van der Waals surface area contributed by atoms with E-state index in [9.17, 15) is 0 Å². The molecule has 42 valence electrons. The van der Waals surface area contributed by atoms with E-state index < -0.39 is 0 Å². The van der Waals surface area contributed by atoms with Crippen molar-refractivity contribution in [1.29, 1.82) is 0 Å². The van der Waals surface area contributed by atoms with Crippen LogP contribution in [0.5, 0.6) is 0 Å². The Hall–Kier alpha value is 0.180. The Labute approximate surface area is 52.2 Å². The minimum Gasteiger partial charge on any atom is -0.392 e. The number of alkyl halides is 1. The van der Waals surface area contributed by atoms with Crippen molar-refractivity contribution < 1.29 is 5.11 Å². The SMILES string of the molecule is C/C(=C/CBr)CO. The highest BCUT2D eigenvalue weighted by atomic mass is 79.9. The van der Waals surface area contributed by atoms with Gasteiger partial charge in [0.2, 0.25) is 0 Å². The standard InChI is InChI=1S/C5H9BrO/c1-5(4-7)2-3-6/h2,7H,3-4H2,1H3/b5-2-. The molecule has 1 nitrogen and oxygen atoms in total. The van der Waals surface area contributed by atoms with Crippen LogP contribution in [0, 0.1) is 0 Å². The van der Waals surface area contributed by atoms with Gasteiger partial charge >= 0.3 is 0 Å². The summed E-state index contributed by atoms with van der Waals surface area (Å²) in [5, 5.41) is 9.21. The normalized spacial score (nSPS) is 12.1. The first-order chi connectivity index (χ1) is 3.31. The summed E-state index contributed by atoms with van der Waals surface area (Å²) in [4.78, 5) is 0. The smallest absolute Gasteiger partial charge is 0.0639 e. The minimum atomic E-state index is 0.172. The van der Waals surface area contributed by atoms with Gasteiger partial charge in [0.25, 0.3) is 0 Å². The van der Waals surface area contributed by atoms with E-state index in [0.717, 1.165) is 10.9 Å². The van der Waals surface area contributed by atoms with Crippen LogP contribution in [0.4, 0.5) is 0 Å². The summed E-state index contributed by atoms with van der Waals surface area (Å²) in [5.41, 5.74) is 1.01. The van der Waals surface area contributed by atoms with E-state index in [0.29, 0.717) is 0 Å². The Balaban J connectivity index is 3.29. The molecule has 0 fully saturated rings. The molecule has 0 radical (unpaired) electrons. The highest BCUT2D eigenvalue weighted by Gasteiger charge is 1.78. The Kier molecular flexibility index (Phi) is 4.45. The van der Waals surface area contributed by atoms with Crippen molar-refractivity contribution in [3.05, 3.63) is 11.6 Å². The van der Waals surface area contributed by atoms with Gasteiger partial charge in [0, 0.05) is 5.33 Å². The average molecular weight is 165 g/mol. The van der Waals surface area contributed by atoms with Crippen LogP contribution in [0.25, 0.3) is 0 Å². The van der Waals surface area contributed by atoms with Crippen LogP contribution in [0.1, 0.15) is 6.92 Å². The number of aliphatic hydroxyl groups excluding tert-OH is 1. The first-order valence-electron chi connectivity index (χ1n) is 2.13. The quantitative estimate of drug-likeness (QED) is 0.483. The molecule has 0 aliphatic rings. The molecule has 0 amide bonds. The molecule has 0 saturated heterocycles. The zero-order valence-electron chi connectivity index (χ0n) is 4.32. The van der Waals surface area contributed by atoms with Crippen LogP contribution in [0.3, 0.4) is 0 Å². The van der Waals surface area contributed by atoms with Crippen molar-refractivity contribution in [2.24, 2.45) is 0 Å². The Morgan fingerprint density at radius 2 is 2.43 bits per heavy atom. The minimum absolute atomic E-state index is 0.172. The fraction of sp³-hybridized carbons (Fsp3) is 0.600. The van der Waals surface area contributed by atoms with Gasteiger partial charge in [-0.3, -0.25) is 0 Å². The summed E-state index contributed by atoms with van der Waals surface area (Å²) < 4.78 is 0. The maximum absolute atomic E-state index is 8.38. The topological polar surface area (TPSA) is 20.2 Å². The summed E-state index contributed by atoms with van der Waals surface area (Å²) >= 11 is 3.20. The molecule has 0 saturated carbocycles. The van der Waals surface area contributed by atoms with Crippen LogP contribution >= 0.6 is 15.9 Å². The molecule has 7 heavy (non-hydrogen) atoms. The van der Waals surface area contributed by atoms with Crippen LogP contribution in [-0.4, -0.2) is 17.0 Å².